The molecule has 16 heavy (non-hydrogen) atoms. The average molecular weight is 216 g/mol. The second-order valence-electron chi connectivity index (χ2n) is 5.32. The smallest absolute Gasteiger partial charge is 0.0132 e. The molecule has 0 aliphatic heterocycles. The van der Waals surface area contributed by atoms with Crippen LogP contribution in [0.3, 0.4) is 0 Å². The van der Waals surface area contributed by atoms with Gasteiger partial charge in [0.05, 0.1) is 0 Å². The Bertz CT molecular complexity index is 347. The first-order chi connectivity index (χ1) is 7.49. The molecule has 0 nitrogen and oxygen atoms in total. The highest BCUT2D eigenvalue weighted by Crippen LogP contribution is 2.25. The van der Waals surface area contributed by atoms with Gasteiger partial charge in [-0.15, -0.1) is 0 Å². The van der Waals surface area contributed by atoms with E-state index in [1.165, 1.54) is 16.7 Å². The predicted molar refractivity (Wildman–Crippen MR) is 73.7 cm³/mol. The van der Waals surface area contributed by atoms with Crippen LogP contribution in [-0.2, 0) is 5.41 Å². The van der Waals surface area contributed by atoms with E-state index in [9.17, 15) is 0 Å². The normalized spacial score (nSPS) is 12.9. The molecule has 0 saturated heterocycles. The quantitative estimate of drug-likeness (QED) is 0.652. The third kappa shape index (κ3) is 3.23. The van der Waals surface area contributed by atoms with Gasteiger partial charge in [-0.05, 0) is 35.0 Å². The van der Waals surface area contributed by atoms with Gasteiger partial charge < -0.3 is 0 Å². The van der Waals surface area contributed by atoms with Gasteiger partial charge in [-0.3, -0.25) is 0 Å². The monoisotopic (exact) mass is 216 g/mol. The van der Waals surface area contributed by atoms with Crippen LogP contribution in [0, 0.1) is 0 Å². The summed E-state index contributed by atoms with van der Waals surface area (Å²) in [4.78, 5) is 0. The fourth-order valence-corrected chi connectivity index (χ4v) is 1.90. The summed E-state index contributed by atoms with van der Waals surface area (Å²) < 4.78 is 0. The Morgan fingerprint density at radius 2 is 1.62 bits per heavy atom. The van der Waals surface area contributed by atoms with Crippen molar-refractivity contribution in [3.63, 3.8) is 0 Å². The van der Waals surface area contributed by atoms with E-state index in [0.717, 1.165) is 12.8 Å². The zero-order valence-electron chi connectivity index (χ0n) is 11.3. The second-order valence-corrected chi connectivity index (χ2v) is 5.32. The topological polar surface area (TPSA) is 0 Å². The minimum atomic E-state index is 0.249. The van der Waals surface area contributed by atoms with Crippen molar-refractivity contribution in [1.82, 2.24) is 0 Å². The Kier molecular flexibility index (Phi) is 4.35. The zero-order chi connectivity index (χ0) is 12.2. The minimum Gasteiger partial charge on any atom is -0.0810 e. The first-order valence-electron chi connectivity index (χ1n) is 6.29. The van der Waals surface area contributed by atoms with Crippen molar-refractivity contribution in [2.45, 2.75) is 52.9 Å². The lowest BCUT2D eigenvalue weighted by Crippen LogP contribution is -2.10. The molecular weight excluding hydrogens is 192 g/mol. The lowest BCUT2D eigenvalue weighted by Gasteiger charge is -2.19. The van der Waals surface area contributed by atoms with E-state index in [1.807, 2.05) is 0 Å². The van der Waals surface area contributed by atoms with E-state index < -0.39 is 0 Å². The van der Waals surface area contributed by atoms with Crippen molar-refractivity contribution in [3.05, 3.63) is 41.5 Å². The first kappa shape index (κ1) is 13.0. The first-order valence-corrected chi connectivity index (χ1v) is 6.29. The average Bonchev–Trinajstić information content (AvgIpc) is 2.25. The maximum absolute atomic E-state index is 2.33. The lowest BCUT2D eigenvalue weighted by molar-refractivity contribution is 0.590. The van der Waals surface area contributed by atoms with Crippen LogP contribution in [0.2, 0.25) is 0 Å². The molecule has 0 spiro atoms. The largest absolute Gasteiger partial charge is 0.0810 e. The van der Waals surface area contributed by atoms with E-state index in [4.69, 9.17) is 0 Å². The molecule has 0 unspecified atom stereocenters. The molecular formula is C16H24. The molecule has 0 bridgehead atoms. The Hall–Kier alpha value is -1.04. The molecule has 0 amide bonds. The highest BCUT2D eigenvalue weighted by Gasteiger charge is 2.12. The Morgan fingerprint density at radius 3 is 2.00 bits per heavy atom. The maximum atomic E-state index is 2.33. The highest BCUT2D eigenvalue weighted by atomic mass is 14.2. The van der Waals surface area contributed by atoms with E-state index in [1.54, 1.807) is 0 Å². The van der Waals surface area contributed by atoms with Crippen molar-refractivity contribution in [2.24, 2.45) is 0 Å². The van der Waals surface area contributed by atoms with Crippen LogP contribution in [0.15, 0.2) is 30.3 Å². The molecule has 0 atom stereocenters. The van der Waals surface area contributed by atoms with Crippen molar-refractivity contribution in [1.29, 1.82) is 0 Å². The zero-order valence-corrected chi connectivity index (χ0v) is 11.3. The van der Waals surface area contributed by atoms with Gasteiger partial charge in [0.1, 0.15) is 0 Å². The van der Waals surface area contributed by atoms with E-state index in [0.29, 0.717) is 0 Å². The number of benzene rings is 1. The van der Waals surface area contributed by atoms with Crippen molar-refractivity contribution < 1.29 is 0 Å². The minimum absolute atomic E-state index is 0.249. The van der Waals surface area contributed by atoms with Gasteiger partial charge in [0, 0.05) is 0 Å². The summed E-state index contributed by atoms with van der Waals surface area (Å²) >= 11 is 0. The van der Waals surface area contributed by atoms with E-state index in [2.05, 4.69) is 65.0 Å². The van der Waals surface area contributed by atoms with Gasteiger partial charge >= 0.3 is 0 Å². The SMILES string of the molecule is CC/C=C(\CC)c1ccc(C(C)(C)C)cc1. The van der Waals surface area contributed by atoms with Gasteiger partial charge in [-0.1, -0.05) is 65.0 Å². The Morgan fingerprint density at radius 1 is 1.06 bits per heavy atom. The molecule has 88 valence electrons. The number of rotatable bonds is 3. The van der Waals surface area contributed by atoms with Crippen LogP contribution in [-0.4, -0.2) is 0 Å². The summed E-state index contributed by atoms with van der Waals surface area (Å²) in [5.74, 6) is 0. The third-order valence-corrected chi connectivity index (χ3v) is 2.95. The molecule has 1 aromatic rings. The molecule has 0 radical (unpaired) electrons. The predicted octanol–water partition coefficient (Wildman–Crippen LogP) is 5.19. The molecule has 0 heteroatoms. The van der Waals surface area contributed by atoms with Crippen molar-refractivity contribution in [3.8, 4) is 0 Å². The summed E-state index contributed by atoms with van der Waals surface area (Å²) in [6.45, 7) is 11.2. The van der Waals surface area contributed by atoms with Crippen molar-refractivity contribution in [2.75, 3.05) is 0 Å². The fourth-order valence-electron chi connectivity index (χ4n) is 1.90. The van der Waals surface area contributed by atoms with Crippen LogP contribution in [0.1, 0.15) is 58.6 Å². The summed E-state index contributed by atoms with van der Waals surface area (Å²) in [5, 5.41) is 0. The maximum Gasteiger partial charge on any atom is -0.0132 e. The number of allylic oxidation sites excluding steroid dienone is 2. The second kappa shape index (κ2) is 5.34. The molecule has 0 aromatic heterocycles. The van der Waals surface area contributed by atoms with Gasteiger partial charge in [-0.25, -0.2) is 0 Å². The van der Waals surface area contributed by atoms with Crippen LogP contribution in [0.4, 0.5) is 0 Å². The van der Waals surface area contributed by atoms with Gasteiger partial charge in [0.15, 0.2) is 0 Å². The van der Waals surface area contributed by atoms with Crippen molar-refractivity contribution >= 4 is 5.57 Å². The van der Waals surface area contributed by atoms with E-state index >= 15 is 0 Å². The van der Waals surface area contributed by atoms with Gasteiger partial charge in [0.25, 0.3) is 0 Å². The molecule has 0 aliphatic rings. The Labute approximate surface area is 100 Å². The van der Waals surface area contributed by atoms with E-state index in [-0.39, 0.29) is 5.41 Å². The molecule has 0 saturated carbocycles. The van der Waals surface area contributed by atoms with Crippen LogP contribution in [0.5, 0.6) is 0 Å². The Balaban J connectivity index is 2.99. The van der Waals surface area contributed by atoms with Crippen LogP contribution in [0.25, 0.3) is 5.57 Å². The van der Waals surface area contributed by atoms with Crippen LogP contribution >= 0.6 is 0 Å². The van der Waals surface area contributed by atoms with Crippen LogP contribution < -0.4 is 0 Å². The summed E-state index contributed by atoms with van der Waals surface area (Å²) in [7, 11) is 0. The fraction of sp³-hybridized carbons (Fsp3) is 0.500. The molecule has 0 heterocycles. The number of hydrogen-bond acceptors (Lipinski definition) is 0. The summed E-state index contributed by atoms with van der Waals surface area (Å²) in [6.07, 6.45) is 4.55. The highest BCUT2D eigenvalue weighted by molar-refractivity contribution is 5.65. The molecule has 0 fully saturated rings. The lowest BCUT2D eigenvalue weighted by atomic mass is 9.86. The molecule has 0 N–H and O–H groups in total. The number of hydrogen-bond donors (Lipinski definition) is 0. The standard InChI is InChI=1S/C16H24/c1-6-8-13(7-2)14-9-11-15(12-10-14)16(3,4)5/h8-12H,6-7H2,1-5H3/b13-8+. The van der Waals surface area contributed by atoms with Gasteiger partial charge in [-0.2, -0.15) is 0 Å². The molecule has 1 aromatic carbocycles. The summed E-state index contributed by atoms with van der Waals surface area (Å²) in [5.41, 5.74) is 4.49. The summed E-state index contributed by atoms with van der Waals surface area (Å²) in [6, 6.07) is 9.03. The van der Waals surface area contributed by atoms with Gasteiger partial charge in [0.2, 0.25) is 0 Å². The molecule has 1 rings (SSSR count). The third-order valence-electron chi connectivity index (χ3n) is 2.95. The molecule has 0 aliphatic carbocycles.